The molecule has 18 heavy (non-hydrogen) atoms. The molecule has 1 aliphatic rings. The van der Waals surface area contributed by atoms with E-state index in [1.165, 1.54) is 0 Å². The SMILES string of the molecule is NC1CCCC(C(=O)NCCCn2ccnn2)C1. The maximum Gasteiger partial charge on any atom is 0.223 e. The molecular weight excluding hydrogens is 230 g/mol. The van der Waals surface area contributed by atoms with Crippen LogP contribution >= 0.6 is 0 Å². The summed E-state index contributed by atoms with van der Waals surface area (Å²) in [5.41, 5.74) is 5.88. The van der Waals surface area contributed by atoms with Crippen LogP contribution < -0.4 is 11.1 Å². The predicted molar refractivity (Wildman–Crippen MR) is 67.6 cm³/mol. The maximum atomic E-state index is 11.9. The average molecular weight is 251 g/mol. The molecule has 6 heteroatoms. The average Bonchev–Trinajstić information content (AvgIpc) is 2.87. The van der Waals surface area contributed by atoms with Crippen LogP contribution in [0.3, 0.4) is 0 Å². The van der Waals surface area contributed by atoms with Crippen LogP contribution in [0.5, 0.6) is 0 Å². The van der Waals surface area contributed by atoms with Crippen molar-refractivity contribution >= 4 is 5.91 Å². The van der Waals surface area contributed by atoms with Crippen LogP contribution in [-0.4, -0.2) is 33.5 Å². The van der Waals surface area contributed by atoms with Crippen molar-refractivity contribution in [1.29, 1.82) is 0 Å². The van der Waals surface area contributed by atoms with Gasteiger partial charge in [0, 0.05) is 31.2 Å². The van der Waals surface area contributed by atoms with Crippen LogP contribution in [0.4, 0.5) is 0 Å². The Balaban J connectivity index is 1.62. The number of aryl methyl sites for hydroxylation is 1. The predicted octanol–water partition coefficient (Wildman–Crippen LogP) is 0.302. The largest absolute Gasteiger partial charge is 0.356 e. The van der Waals surface area contributed by atoms with Gasteiger partial charge in [-0.15, -0.1) is 5.10 Å². The number of nitrogens with two attached hydrogens (primary N) is 1. The van der Waals surface area contributed by atoms with Gasteiger partial charge in [-0.05, 0) is 25.7 Å². The maximum absolute atomic E-state index is 11.9. The van der Waals surface area contributed by atoms with Gasteiger partial charge >= 0.3 is 0 Å². The fourth-order valence-electron chi connectivity index (χ4n) is 2.41. The van der Waals surface area contributed by atoms with Crippen LogP contribution in [0.2, 0.25) is 0 Å². The molecule has 1 aromatic heterocycles. The van der Waals surface area contributed by atoms with Crippen LogP contribution in [0.15, 0.2) is 12.4 Å². The number of nitrogens with one attached hydrogen (secondary N) is 1. The minimum atomic E-state index is 0.111. The Morgan fingerprint density at radius 3 is 3.11 bits per heavy atom. The summed E-state index contributed by atoms with van der Waals surface area (Å²) >= 11 is 0. The highest BCUT2D eigenvalue weighted by Gasteiger charge is 2.24. The van der Waals surface area contributed by atoms with Crippen molar-refractivity contribution < 1.29 is 4.79 Å². The Labute approximate surface area is 107 Å². The van der Waals surface area contributed by atoms with E-state index in [9.17, 15) is 4.79 Å². The van der Waals surface area contributed by atoms with Crippen molar-refractivity contribution in [2.75, 3.05) is 6.54 Å². The number of amides is 1. The lowest BCUT2D eigenvalue weighted by atomic mass is 9.85. The third-order valence-electron chi connectivity index (χ3n) is 3.42. The van der Waals surface area contributed by atoms with E-state index in [1.807, 2.05) is 6.20 Å². The van der Waals surface area contributed by atoms with Crippen molar-refractivity contribution in [1.82, 2.24) is 20.3 Å². The summed E-state index contributed by atoms with van der Waals surface area (Å²) in [6, 6.07) is 0.199. The number of carbonyl (C=O) groups excluding carboxylic acids is 1. The molecule has 0 spiro atoms. The molecule has 100 valence electrons. The Morgan fingerprint density at radius 1 is 1.50 bits per heavy atom. The van der Waals surface area contributed by atoms with E-state index in [0.717, 1.165) is 38.6 Å². The van der Waals surface area contributed by atoms with Crippen molar-refractivity contribution in [2.24, 2.45) is 11.7 Å². The zero-order valence-electron chi connectivity index (χ0n) is 10.6. The summed E-state index contributed by atoms with van der Waals surface area (Å²) in [5, 5.41) is 10.6. The van der Waals surface area contributed by atoms with E-state index in [-0.39, 0.29) is 17.9 Å². The minimum absolute atomic E-state index is 0.111. The van der Waals surface area contributed by atoms with Gasteiger partial charge in [0.25, 0.3) is 0 Å². The molecule has 1 heterocycles. The van der Waals surface area contributed by atoms with E-state index in [2.05, 4.69) is 15.6 Å². The monoisotopic (exact) mass is 251 g/mol. The van der Waals surface area contributed by atoms with E-state index >= 15 is 0 Å². The molecule has 1 fully saturated rings. The lowest BCUT2D eigenvalue weighted by Crippen LogP contribution is -2.38. The van der Waals surface area contributed by atoms with Gasteiger partial charge in [-0.25, -0.2) is 0 Å². The molecule has 2 unspecified atom stereocenters. The van der Waals surface area contributed by atoms with Crippen molar-refractivity contribution in [3.8, 4) is 0 Å². The Hall–Kier alpha value is -1.43. The second-order valence-corrected chi connectivity index (χ2v) is 4.93. The summed E-state index contributed by atoms with van der Waals surface area (Å²) in [7, 11) is 0. The highest BCUT2D eigenvalue weighted by molar-refractivity contribution is 5.78. The van der Waals surface area contributed by atoms with Crippen molar-refractivity contribution in [3.63, 3.8) is 0 Å². The Morgan fingerprint density at radius 2 is 2.39 bits per heavy atom. The molecule has 0 bridgehead atoms. The molecule has 0 saturated heterocycles. The molecule has 1 aliphatic carbocycles. The number of hydrogen-bond donors (Lipinski definition) is 2. The lowest BCUT2D eigenvalue weighted by Gasteiger charge is -2.25. The van der Waals surface area contributed by atoms with Gasteiger partial charge in [0.2, 0.25) is 5.91 Å². The molecule has 1 aromatic rings. The Bertz CT molecular complexity index is 365. The number of nitrogens with zero attached hydrogens (tertiary/aromatic N) is 3. The summed E-state index contributed by atoms with van der Waals surface area (Å²) < 4.78 is 1.77. The van der Waals surface area contributed by atoms with Gasteiger partial charge in [-0.1, -0.05) is 11.6 Å². The van der Waals surface area contributed by atoms with E-state index < -0.39 is 0 Å². The van der Waals surface area contributed by atoms with Gasteiger partial charge in [-0.3, -0.25) is 9.48 Å². The molecule has 0 aliphatic heterocycles. The summed E-state index contributed by atoms with van der Waals surface area (Å²) in [6.45, 7) is 1.47. The molecule has 3 N–H and O–H groups in total. The van der Waals surface area contributed by atoms with Crippen LogP contribution in [0.1, 0.15) is 32.1 Å². The molecule has 0 aromatic carbocycles. The van der Waals surface area contributed by atoms with Crippen molar-refractivity contribution in [3.05, 3.63) is 12.4 Å². The number of hydrogen-bond acceptors (Lipinski definition) is 4. The number of aromatic nitrogens is 3. The van der Waals surface area contributed by atoms with Gasteiger partial charge in [0.1, 0.15) is 0 Å². The molecule has 6 nitrogen and oxygen atoms in total. The second kappa shape index (κ2) is 6.49. The molecular formula is C12H21N5O. The van der Waals surface area contributed by atoms with Crippen LogP contribution in [0, 0.1) is 5.92 Å². The number of rotatable bonds is 5. The van der Waals surface area contributed by atoms with Gasteiger partial charge < -0.3 is 11.1 Å². The minimum Gasteiger partial charge on any atom is -0.356 e. The molecule has 1 amide bonds. The molecule has 2 atom stereocenters. The topological polar surface area (TPSA) is 85.8 Å². The zero-order chi connectivity index (χ0) is 12.8. The van der Waals surface area contributed by atoms with E-state index in [4.69, 9.17) is 5.73 Å². The first-order valence-corrected chi connectivity index (χ1v) is 6.63. The molecule has 2 rings (SSSR count). The fraction of sp³-hybridized carbons (Fsp3) is 0.750. The van der Waals surface area contributed by atoms with Gasteiger partial charge in [-0.2, -0.15) is 0 Å². The first-order valence-electron chi connectivity index (χ1n) is 6.63. The number of carbonyl (C=O) groups is 1. The highest BCUT2D eigenvalue weighted by atomic mass is 16.1. The van der Waals surface area contributed by atoms with E-state index in [0.29, 0.717) is 6.54 Å². The first kappa shape index (κ1) is 13.0. The smallest absolute Gasteiger partial charge is 0.223 e. The second-order valence-electron chi connectivity index (χ2n) is 4.93. The summed E-state index contributed by atoms with van der Waals surface area (Å²) in [4.78, 5) is 11.9. The first-order chi connectivity index (χ1) is 8.75. The zero-order valence-corrected chi connectivity index (χ0v) is 10.6. The fourth-order valence-corrected chi connectivity index (χ4v) is 2.41. The highest BCUT2D eigenvalue weighted by Crippen LogP contribution is 2.22. The molecule has 0 radical (unpaired) electrons. The summed E-state index contributed by atoms with van der Waals surface area (Å²) in [5.74, 6) is 0.267. The standard InChI is InChI=1S/C12H21N5O/c13-11-4-1-3-10(9-11)12(18)14-5-2-7-17-8-6-15-16-17/h6,8,10-11H,1-5,7,9,13H2,(H,14,18). The normalized spacial score (nSPS) is 23.8. The summed E-state index contributed by atoms with van der Waals surface area (Å²) in [6.07, 6.45) is 8.27. The lowest BCUT2D eigenvalue weighted by molar-refractivity contribution is -0.126. The molecule has 1 saturated carbocycles. The van der Waals surface area contributed by atoms with Gasteiger partial charge in [0.05, 0.1) is 6.20 Å². The van der Waals surface area contributed by atoms with Crippen molar-refractivity contribution in [2.45, 2.75) is 44.7 Å². The third kappa shape index (κ3) is 3.80. The van der Waals surface area contributed by atoms with Crippen LogP contribution in [-0.2, 0) is 11.3 Å². The quantitative estimate of drug-likeness (QED) is 0.737. The Kier molecular flexibility index (Phi) is 4.69. The third-order valence-corrected chi connectivity index (χ3v) is 3.42. The van der Waals surface area contributed by atoms with E-state index in [1.54, 1.807) is 10.9 Å². The van der Waals surface area contributed by atoms with Crippen LogP contribution in [0.25, 0.3) is 0 Å². The van der Waals surface area contributed by atoms with Gasteiger partial charge in [0.15, 0.2) is 0 Å².